The van der Waals surface area contributed by atoms with Crippen LogP contribution in [0.5, 0.6) is 0 Å². The van der Waals surface area contributed by atoms with Crippen LogP contribution in [-0.2, 0) is 4.79 Å². The Morgan fingerprint density at radius 1 is 1.44 bits per heavy atom. The van der Waals surface area contributed by atoms with Crippen molar-refractivity contribution >= 4 is 11.6 Å². The average molecular weight is 220 g/mol. The van der Waals surface area contributed by atoms with Crippen LogP contribution < -0.4 is 10.2 Å². The number of aliphatic hydroxyl groups is 1. The van der Waals surface area contributed by atoms with Gasteiger partial charge in [-0.25, -0.2) is 0 Å². The average Bonchev–Trinajstić information content (AvgIpc) is 2.29. The van der Waals surface area contributed by atoms with E-state index < -0.39 is 0 Å². The first-order chi connectivity index (χ1) is 7.69. The van der Waals surface area contributed by atoms with Crippen molar-refractivity contribution in [1.29, 1.82) is 0 Å². The molecule has 1 amide bonds. The van der Waals surface area contributed by atoms with Gasteiger partial charge in [0.1, 0.15) is 0 Å². The molecule has 1 unspecified atom stereocenters. The SMILES string of the molecule is Cc1ccc(N2CC(=O)NC(CO)C2)cc1. The lowest BCUT2D eigenvalue weighted by Crippen LogP contribution is -2.55. The smallest absolute Gasteiger partial charge is 0.239 e. The second-order valence-corrected chi connectivity index (χ2v) is 4.16. The summed E-state index contributed by atoms with van der Waals surface area (Å²) >= 11 is 0. The minimum absolute atomic E-state index is 0.0197. The highest BCUT2D eigenvalue weighted by Crippen LogP contribution is 2.16. The summed E-state index contributed by atoms with van der Waals surface area (Å²) in [5.41, 5.74) is 2.22. The molecule has 4 heteroatoms. The Labute approximate surface area is 94.9 Å². The Balaban J connectivity index is 2.14. The van der Waals surface area contributed by atoms with Crippen molar-refractivity contribution in [1.82, 2.24) is 5.32 Å². The monoisotopic (exact) mass is 220 g/mol. The van der Waals surface area contributed by atoms with Crippen molar-refractivity contribution in [2.75, 3.05) is 24.6 Å². The normalized spacial score (nSPS) is 20.8. The van der Waals surface area contributed by atoms with Gasteiger partial charge in [-0.2, -0.15) is 0 Å². The first-order valence-corrected chi connectivity index (χ1v) is 5.41. The molecule has 1 heterocycles. The van der Waals surface area contributed by atoms with E-state index in [0.29, 0.717) is 13.1 Å². The largest absolute Gasteiger partial charge is 0.394 e. The lowest BCUT2D eigenvalue weighted by Gasteiger charge is -2.33. The van der Waals surface area contributed by atoms with Gasteiger partial charge in [0.25, 0.3) is 0 Å². The van der Waals surface area contributed by atoms with Crippen LogP contribution in [0.4, 0.5) is 5.69 Å². The maximum absolute atomic E-state index is 11.4. The van der Waals surface area contributed by atoms with Crippen molar-refractivity contribution in [3.63, 3.8) is 0 Å². The Morgan fingerprint density at radius 3 is 2.75 bits per heavy atom. The third-order valence-corrected chi connectivity index (χ3v) is 2.76. The fourth-order valence-electron chi connectivity index (χ4n) is 1.88. The zero-order valence-electron chi connectivity index (χ0n) is 9.31. The molecule has 1 aliphatic rings. The van der Waals surface area contributed by atoms with Gasteiger partial charge in [0.2, 0.25) is 5.91 Å². The summed E-state index contributed by atoms with van der Waals surface area (Å²) in [6, 6.07) is 7.89. The van der Waals surface area contributed by atoms with Gasteiger partial charge in [0.15, 0.2) is 0 Å². The fraction of sp³-hybridized carbons (Fsp3) is 0.417. The van der Waals surface area contributed by atoms with Gasteiger partial charge < -0.3 is 15.3 Å². The van der Waals surface area contributed by atoms with Gasteiger partial charge in [-0.05, 0) is 19.1 Å². The molecule has 1 atom stereocenters. The highest BCUT2D eigenvalue weighted by molar-refractivity contribution is 5.83. The Kier molecular flexibility index (Phi) is 3.10. The van der Waals surface area contributed by atoms with Crippen LogP contribution in [0.3, 0.4) is 0 Å². The van der Waals surface area contributed by atoms with E-state index in [-0.39, 0.29) is 18.6 Å². The predicted octanol–water partition coefficient (Wildman–Crippen LogP) is 0.292. The van der Waals surface area contributed by atoms with E-state index in [0.717, 1.165) is 5.69 Å². The number of hydrogen-bond donors (Lipinski definition) is 2. The molecule has 1 aromatic rings. The van der Waals surface area contributed by atoms with Crippen molar-refractivity contribution in [3.05, 3.63) is 29.8 Å². The predicted molar refractivity (Wildman–Crippen MR) is 62.4 cm³/mol. The molecule has 2 N–H and O–H groups in total. The zero-order valence-corrected chi connectivity index (χ0v) is 9.31. The summed E-state index contributed by atoms with van der Waals surface area (Å²) in [6.45, 7) is 3.03. The summed E-state index contributed by atoms with van der Waals surface area (Å²) in [5, 5.41) is 11.8. The Bertz CT molecular complexity index is 375. The van der Waals surface area contributed by atoms with Crippen molar-refractivity contribution in [3.8, 4) is 0 Å². The first-order valence-electron chi connectivity index (χ1n) is 5.41. The number of hydrogen-bond acceptors (Lipinski definition) is 3. The molecule has 0 saturated carbocycles. The van der Waals surface area contributed by atoms with E-state index in [9.17, 15) is 4.79 Å². The molecule has 1 fully saturated rings. The third kappa shape index (κ3) is 2.33. The maximum Gasteiger partial charge on any atom is 0.239 e. The third-order valence-electron chi connectivity index (χ3n) is 2.76. The molecule has 2 rings (SSSR count). The number of nitrogens with zero attached hydrogens (tertiary/aromatic N) is 1. The zero-order chi connectivity index (χ0) is 11.5. The molecule has 1 saturated heterocycles. The maximum atomic E-state index is 11.4. The summed E-state index contributed by atoms with van der Waals surface area (Å²) in [4.78, 5) is 13.4. The molecular weight excluding hydrogens is 204 g/mol. The summed E-state index contributed by atoms with van der Waals surface area (Å²) in [7, 11) is 0. The van der Waals surface area contributed by atoms with Gasteiger partial charge in [-0.15, -0.1) is 0 Å². The number of nitrogens with one attached hydrogen (secondary N) is 1. The van der Waals surface area contributed by atoms with E-state index in [4.69, 9.17) is 5.11 Å². The van der Waals surface area contributed by atoms with Crippen LogP contribution in [-0.4, -0.2) is 36.8 Å². The van der Waals surface area contributed by atoms with Gasteiger partial charge in [-0.1, -0.05) is 17.7 Å². The van der Waals surface area contributed by atoms with Crippen LogP contribution in [0.1, 0.15) is 5.56 Å². The minimum atomic E-state index is -0.164. The highest BCUT2D eigenvalue weighted by atomic mass is 16.3. The number of anilines is 1. The summed E-state index contributed by atoms with van der Waals surface area (Å²) in [6.07, 6.45) is 0. The second-order valence-electron chi connectivity index (χ2n) is 4.16. The molecule has 0 bridgehead atoms. The van der Waals surface area contributed by atoms with E-state index in [1.165, 1.54) is 5.56 Å². The van der Waals surface area contributed by atoms with Gasteiger partial charge in [0, 0.05) is 12.2 Å². The van der Waals surface area contributed by atoms with Crippen molar-refractivity contribution in [2.24, 2.45) is 0 Å². The van der Waals surface area contributed by atoms with Crippen LogP contribution in [0.15, 0.2) is 24.3 Å². The quantitative estimate of drug-likeness (QED) is 0.753. The second kappa shape index (κ2) is 4.53. The molecule has 16 heavy (non-hydrogen) atoms. The van der Waals surface area contributed by atoms with Crippen LogP contribution in [0, 0.1) is 6.92 Å². The van der Waals surface area contributed by atoms with E-state index >= 15 is 0 Å². The molecular formula is C12H16N2O2. The topological polar surface area (TPSA) is 52.6 Å². The molecule has 4 nitrogen and oxygen atoms in total. The van der Waals surface area contributed by atoms with Crippen LogP contribution in [0.25, 0.3) is 0 Å². The number of aliphatic hydroxyl groups excluding tert-OH is 1. The molecule has 1 aliphatic heterocycles. The molecule has 0 aliphatic carbocycles. The lowest BCUT2D eigenvalue weighted by molar-refractivity contribution is -0.121. The van der Waals surface area contributed by atoms with Crippen molar-refractivity contribution in [2.45, 2.75) is 13.0 Å². The van der Waals surface area contributed by atoms with E-state index in [2.05, 4.69) is 5.32 Å². The van der Waals surface area contributed by atoms with Gasteiger partial charge >= 0.3 is 0 Å². The molecule has 1 aromatic carbocycles. The molecule has 0 spiro atoms. The van der Waals surface area contributed by atoms with Crippen LogP contribution in [0.2, 0.25) is 0 Å². The van der Waals surface area contributed by atoms with E-state index in [1.807, 2.05) is 36.1 Å². The molecule has 86 valence electrons. The first kappa shape index (κ1) is 11.0. The lowest BCUT2D eigenvalue weighted by atomic mass is 10.1. The number of benzene rings is 1. The Morgan fingerprint density at radius 2 is 2.12 bits per heavy atom. The number of aryl methyl sites for hydroxylation is 1. The standard InChI is InChI=1S/C12H16N2O2/c1-9-2-4-11(5-3-9)14-6-10(8-15)13-12(16)7-14/h2-5,10,15H,6-8H2,1H3,(H,13,16). The van der Waals surface area contributed by atoms with Gasteiger partial charge in [0.05, 0.1) is 19.2 Å². The number of carbonyl (C=O) groups excluding carboxylic acids is 1. The Hall–Kier alpha value is -1.55. The fourth-order valence-corrected chi connectivity index (χ4v) is 1.88. The molecule has 0 aromatic heterocycles. The van der Waals surface area contributed by atoms with E-state index in [1.54, 1.807) is 0 Å². The number of rotatable bonds is 2. The number of piperazine rings is 1. The summed E-state index contributed by atoms with van der Waals surface area (Å²) < 4.78 is 0. The highest BCUT2D eigenvalue weighted by Gasteiger charge is 2.23. The van der Waals surface area contributed by atoms with Crippen molar-refractivity contribution < 1.29 is 9.90 Å². The van der Waals surface area contributed by atoms with Gasteiger partial charge in [-0.3, -0.25) is 4.79 Å². The number of amides is 1. The number of carbonyl (C=O) groups is 1. The minimum Gasteiger partial charge on any atom is -0.394 e. The molecule has 0 radical (unpaired) electrons. The van der Waals surface area contributed by atoms with Crippen LogP contribution >= 0.6 is 0 Å². The summed E-state index contributed by atoms with van der Waals surface area (Å²) in [5.74, 6) is -0.0362.